The Balaban J connectivity index is 1.47. The molecule has 27 heavy (non-hydrogen) atoms. The molecule has 3 rings (SSSR count). The molecular formula is C19H20ClN3O4. The number of benzene rings is 1. The number of carbonyl (C=O) groups excluding carboxylic acids is 2. The number of esters is 1. The summed E-state index contributed by atoms with van der Waals surface area (Å²) in [5.41, 5.74) is 1.87. The van der Waals surface area contributed by atoms with E-state index in [4.69, 9.17) is 21.1 Å². The minimum atomic E-state index is -0.555. The summed E-state index contributed by atoms with van der Waals surface area (Å²) in [4.78, 5) is 30.1. The first kappa shape index (κ1) is 19.3. The zero-order valence-corrected chi connectivity index (χ0v) is 15.4. The number of anilines is 1. The molecule has 8 heteroatoms. The Labute approximate surface area is 162 Å². The fraction of sp³-hybridized carbons (Fsp3) is 0.316. The van der Waals surface area contributed by atoms with Crippen molar-refractivity contribution in [2.24, 2.45) is 0 Å². The number of amides is 1. The molecule has 0 atom stereocenters. The fourth-order valence-electron chi connectivity index (χ4n) is 2.64. The van der Waals surface area contributed by atoms with Gasteiger partial charge in [-0.05, 0) is 29.8 Å². The second-order valence-electron chi connectivity index (χ2n) is 6.05. The third-order valence-electron chi connectivity index (χ3n) is 4.07. The number of halogens is 1. The number of rotatable bonds is 6. The molecule has 1 aliphatic rings. The maximum Gasteiger partial charge on any atom is 0.338 e. The summed E-state index contributed by atoms with van der Waals surface area (Å²) >= 11 is 5.87. The van der Waals surface area contributed by atoms with Gasteiger partial charge in [0.1, 0.15) is 0 Å². The van der Waals surface area contributed by atoms with Crippen molar-refractivity contribution in [2.45, 2.75) is 6.54 Å². The summed E-state index contributed by atoms with van der Waals surface area (Å²) < 4.78 is 10.4. The first-order valence-electron chi connectivity index (χ1n) is 8.58. The number of hydrogen-bond acceptors (Lipinski definition) is 6. The minimum Gasteiger partial charge on any atom is -0.452 e. The van der Waals surface area contributed by atoms with Gasteiger partial charge in [-0.15, -0.1) is 0 Å². The Morgan fingerprint density at radius 2 is 1.93 bits per heavy atom. The number of morpholine rings is 1. The third kappa shape index (κ3) is 5.75. The van der Waals surface area contributed by atoms with Gasteiger partial charge in [-0.25, -0.2) is 9.78 Å². The molecule has 142 valence electrons. The largest absolute Gasteiger partial charge is 0.452 e. The van der Waals surface area contributed by atoms with E-state index in [1.54, 1.807) is 24.3 Å². The molecule has 1 N–H and O–H groups in total. The Hall–Kier alpha value is -2.48. The van der Waals surface area contributed by atoms with Crippen molar-refractivity contribution in [1.82, 2.24) is 9.88 Å². The highest BCUT2D eigenvalue weighted by molar-refractivity contribution is 6.32. The number of hydrogen-bond donors (Lipinski definition) is 1. The SMILES string of the molecule is O=C(COC(=O)c1ccc(CN2CCOCC2)cc1)Nc1cccnc1Cl. The maximum absolute atomic E-state index is 12.1. The molecule has 7 nitrogen and oxygen atoms in total. The van der Waals surface area contributed by atoms with Crippen LogP contribution in [0.2, 0.25) is 5.15 Å². The van der Waals surface area contributed by atoms with E-state index in [1.807, 2.05) is 12.1 Å². The van der Waals surface area contributed by atoms with Crippen molar-refractivity contribution in [1.29, 1.82) is 0 Å². The van der Waals surface area contributed by atoms with Crippen LogP contribution in [0.25, 0.3) is 0 Å². The van der Waals surface area contributed by atoms with Crippen LogP contribution in [0.5, 0.6) is 0 Å². The standard InChI is InChI=1S/C19H20ClN3O4/c20-18-16(2-1-7-21-18)22-17(24)13-27-19(25)15-5-3-14(4-6-15)12-23-8-10-26-11-9-23/h1-7H,8-13H2,(H,22,24). The van der Waals surface area contributed by atoms with Gasteiger partial charge in [-0.2, -0.15) is 0 Å². The number of aromatic nitrogens is 1. The zero-order valence-electron chi connectivity index (χ0n) is 14.7. The Morgan fingerprint density at radius 3 is 2.63 bits per heavy atom. The van der Waals surface area contributed by atoms with E-state index in [-0.39, 0.29) is 5.15 Å². The lowest BCUT2D eigenvalue weighted by molar-refractivity contribution is -0.119. The van der Waals surface area contributed by atoms with Crippen molar-refractivity contribution in [3.63, 3.8) is 0 Å². The number of carbonyl (C=O) groups is 2. The minimum absolute atomic E-state index is 0.174. The molecule has 2 aromatic rings. The van der Waals surface area contributed by atoms with Crippen LogP contribution >= 0.6 is 11.6 Å². The predicted octanol–water partition coefficient (Wildman–Crippen LogP) is 2.36. The molecule has 1 saturated heterocycles. The highest BCUT2D eigenvalue weighted by Gasteiger charge is 2.13. The van der Waals surface area contributed by atoms with E-state index in [0.29, 0.717) is 11.3 Å². The van der Waals surface area contributed by atoms with E-state index < -0.39 is 18.5 Å². The number of nitrogens with zero attached hydrogens (tertiary/aromatic N) is 2. The van der Waals surface area contributed by atoms with Crippen LogP contribution in [-0.2, 0) is 20.8 Å². The summed E-state index contributed by atoms with van der Waals surface area (Å²) in [5.74, 6) is -1.04. The Morgan fingerprint density at radius 1 is 1.19 bits per heavy atom. The molecule has 1 amide bonds. The first-order chi connectivity index (χ1) is 13.1. The van der Waals surface area contributed by atoms with E-state index in [9.17, 15) is 9.59 Å². The van der Waals surface area contributed by atoms with Crippen LogP contribution in [0.1, 0.15) is 15.9 Å². The van der Waals surface area contributed by atoms with Crippen molar-refractivity contribution in [3.8, 4) is 0 Å². The highest BCUT2D eigenvalue weighted by atomic mass is 35.5. The first-order valence-corrected chi connectivity index (χ1v) is 8.96. The van der Waals surface area contributed by atoms with Gasteiger partial charge in [0.05, 0.1) is 24.5 Å². The van der Waals surface area contributed by atoms with Gasteiger partial charge in [0.25, 0.3) is 5.91 Å². The highest BCUT2D eigenvalue weighted by Crippen LogP contribution is 2.17. The van der Waals surface area contributed by atoms with Gasteiger partial charge in [-0.1, -0.05) is 23.7 Å². The average Bonchev–Trinajstić information content (AvgIpc) is 2.69. The van der Waals surface area contributed by atoms with E-state index in [2.05, 4.69) is 15.2 Å². The van der Waals surface area contributed by atoms with Crippen LogP contribution in [0.4, 0.5) is 5.69 Å². The predicted molar refractivity (Wildman–Crippen MR) is 101 cm³/mol. The molecule has 1 aromatic carbocycles. The number of ether oxygens (including phenoxy) is 2. The maximum atomic E-state index is 12.1. The molecular weight excluding hydrogens is 370 g/mol. The lowest BCUT2D eigenvalue weighted by atomic mass is 10.1. The van der Waals surface area contributed by atoms with Crippen LogP contribution in [0.15, 0.2) is 42.6 Å². The van der Waals surface area contributed by atoms with Crippen molar-refractivity contribution in [3.05, 3.63) is 58.9 Å². The molecule has 0 bridgehead atoms. The molecule has 0 saturated carbocycles. The second-order valence-corrected chi connectivity index (χ2v) is 6.41. The molecule has 0 spiro atoms. The molecule has 1 fully saturated rings. The molecule has 1 aromatic heterocycles. The number of nitrogens with one attached hydrogen (secondary N) is 1. The van der Waals surface area contributed by atoms with Gasteiger partial charge in [0.15, 0.2) is 11.8 Å². The van der Waals surface area contributed by atoms with Gasteiger partial charge in [0, 0.05) is 25.8 Å². The molecule has 1 aliphatic heterocycles. The van der Waals surface area contributed by atoms with Crippen LogP contribution in [0.3, 0.4) is 0 Å². The van der Waals surface area contributed by atoms with E-state index in [1.165, 1.54) is 6.20 Å². The average molecular weight is 390 g/mol. The molecule has 0 radical (unpaired) electrons. The van der Waals surface area contributed by atoms with Crippen molar-refractivity contribution < 1.29 is 19.1 Å². The Bertz CT molecular complexity index is 792. The molecule has 2 heterocycles. The van der Waals surface area contributed by atoms with Crippen molar-refractivity contribution in [2.75, 3.05) is 38.2 Å². The van der Waals surface area contributed by atoms with Gasteiger partial charge in [-0.3, -0.25) is 9.69 Å². The van der Waals surface area contributed by atoms with E-state index in [0.717, 1.165) is 38.4 Å². The topological polar surface area (TPSA) is 80.8 Å². The summed E-state index contributed by atoms with van der Waals surface area (Å²) in [6, 6.07) is 10.4. The van der Waals surface area contributed by atoms with E-state index >= 15 is 0 Å². The zero-order chi connectivity index (χ0) is 19.1. The second kappa shape index (κ2) is 9.45. The summed E-state index contributed by atoms with van der Waals surface area (Å²) in [7, 11) is 0. The smallest absolute Gasteiger partial charge is 0.338 e. The lowest BCUT2D eigenvalue weighted by Crippen LogP contribution is -2.35. The molecule has 0 aliphatic carbocycles. The fourth-order valence-corrected chi connectivity index (χ4v) is 2.81. The van der Waals surface area contributed by atoms with Crippen LogP contribution in [-0.4, -0.2) is 54.7 Å². The van der Waals surface area contributed by atoms with Gasteiger partial charge < -0.3 is 14.8 Å². The summed E-state index contributed by atoms with van der Waals surface area (Å²) in [6.07, 6.45) is 1.51. The third-order valence-corrected chi connectivity index (χ3v) is 4.37. The molecule has 0 unspecified atom stereocenters. The lowest BCUT2D eigenvalue weighted by Gasteiger charge is -2.26. The van der Waals surface area contributed by atoms with Crippen LogP contribution < -0.4 is 5.32 Å². The van der Waals surface area contributed by atoms with Gasteiger partial charge in [0.2, 0.25) is 0 Å². The van der Waals surface area contributed by atoms with Gasteiger partial charge >= 0.3 is 5.97 Å². The quantitative estimate of drug-likeness (QED) is 0.603. The Kier molecular flexibility index (Phi) is 6.75. The normalized spacial score (nSPS) is 14.6. The van der Waals surface area contributed by atoms with Crippen LogP contribution in [0, 0.1) is 0 Å². The number of pyridine rings is 1. The summed E-state index contributed by atoms with van der Waals surface area (Å²) in [5, 5.41) is 2.72. The summed E-state index contributed by atoms with van der Waals surface area (Å²) in [6.45, 7) is 3.71. The monoisotopic (exact) mass is 389 g/mol. The van der Waals surface area contributed by atoms with Crippen molar-refractivity contribution >= 4 is 29.2 Å².